The van der Waals surface area contributed by atoms with Crippen LogP contribution in [0, 0.1) is 0 Å². The Labute approximate surface area is 127 Å². The Balaban J connectivity index is 1.99. The Morgan fingerprint density at radius 3 is 2.14 bits per heavy atom. The molecule has 0 atom stereocenters. The van der Waals surface area contributed by atoms with Crippen LogP contribution in [0.3, 0.4) is 0 Å². The van der Waals surface area contributed by atoms with Gasteiger partial charge in [-0.1, -0.05) is 66.8 Å². The second-order valence-electron chi connectivity index (χ2n) is 4.95. The molecule has 0 bridgehead atoms. The molecule has 0 fully saturated rings. The summed E-state index contributed by atoms with van der Waals surface area (Å²) in [5, 5.41) is 0. The average Bonchev–Trinajstić information content (AvgIpc) is 2.53. The molecule has 0 aliphatic rings. The molecule has 1 heteroatoms. The Bertz CT molecular complexity index is 576. The molecule has 21 heavy (non-hydrogen) atoms. The molecular weight excluding hydrogens is 256 g/mol. The van der Waals surface area contributed by atoms with Crippen molar-refractivity contribution in [3.63, 3.8) is 0 Å². The maximum Gasteiger partial charge on any atom is 0.0717 e. The van der Waals surface area contributed by atoms with Crippen LogP contribution in [0.15, 0.2) is 67.3 Å². The van der Waals surface area contributed by atoms with E-state index in [4.69, 9.17) is 4.74 Å². The lowest BCUT2D eigenvalue weighted by Gasteiger charge is -2.06. The number of hydrogen-bond acceptors (Lipinski definition) is 1. The summed E-state index contributed by atoms with van der Waals surface area (Å²) in [6, 6.07) is 17.2. The van der Waals surface area contributed by atoms with Gasteiger partial charge in [-0.3, -0.25) is 0 Å². The first kappa shape index (κ1) is 15.3. The highest BCUT2D eigenvalue weighted by Gasteiger charge is 1.98. The molecule has 0 aliphatic carbocycles. The van der Waals surface area contributed by atoms with Gasteiger partial charge in [-0.25, -0.2) is 0 Å². The number of hydrogen-bond donors (Lipinski definition) is 0. The Morgan fingerprint density at radius 1 is 0.952 bits per heavy atom. The first-order valence-corrected chi connectivity index (χ1v) is 7.34. The van der Waals surface area contributed by atoms with Crippen LogP contribution in [0.25, 0.3) is 17.2 Å². The molecule has 0 heterocycles. The van der Waals surface area contributed by atoms with E-state index < -0.39 is 0 Å². The zero-order valence-corrected chi connectivity index (χ0v) is 12.6. The van der Waals surface area contributed by atoms with Crippen molar-refractivity contribution >= 4 is 6.08 Å². The van der Waals surface area contributed by atoms with Crippen LogP contribution in [-0.2, 0) is 11.3 Å². The van der Waals surface area contributed by atoms with E-state index in [0.717, 1.165) is 13.0 Å². The highest BCUT2D eigenvalue weighted by molar-refractivity contribution is 5.65. The predicted octanol–water partition coefficient (Wildman–Crippen LogP) is 5.48. The van der Waals surface area contributed by atoms with Crippen LogP contribution in [0.4, 0.5) is 0 Å². The standard InChI is InChI=1S/C20H22O/c1-3-5-15-21-16-18-9-13-20(14-10-18)19-11-7-17(6-4-2)8-12-19/h3-4,6-14H,1,5,15-16H2,2H3. The number of ether oxygens (including phenoxy) is 1. The Hall–Kier alpha value is -2.12. The van der Waals surface area contributed by atoms with Crippen molar-refractivity contribution in [2.45, 2.75) is 20.0 Å². The maximum absolute atomic E-state index is 5.57. The number of allylic oxidation sites excluding steroid dienone is 1. The van der Waals surface area contributed by atoms with Gasteiger partial charge in [0.05, 0.1) is 13.2 Å². The minimum absolute atomic E-state index is 0.661. The first-order chi connectivity index (χ1) is 10.3. The summed E-state index contributed by atoms with van der Waals surface area (Å²) in [6.07, 6.45) is 6.93. The quantitative estimate of drug-likeness (QED) is 0.481. The predicted molar refractivity (Wildman–Crippen MR) is 91.1 cm³/mol. The van der Waals surface area contributed by atoms with Crippen LogP contribution in [0.1, 0.15) is 24.5 Å². The zero-order chi connectivity index (χ0) is 14.9. The van der Waals surface area contributed by atoms with Gasteiger partial charge in [0.25, 0.3) is 0 Å². The summed E-state index contributed by atoms with van der Waals surface area (Å²) in [6.45, 7) is 7.11. The topological polar surface area (TPSA) is 9.23 Å². The van der Waals surface area contributed by atoms with Crippen molar-refractivity contribution < 1.29 is 4.74 Å². The summed E-state index contributed by atoms with van der Waals surface area (Å²) in [5.74, 6) is 0. The molecule has 0 spiro atoms. The van der Waals surface area contributed by atoms with Gasteiger partial charge in [0, 0.05) is 0 Å². The smallest absolute Gasteiger partial charge is 0.0717 e. The number of rotatable bonds is 7. The first-order valence-electron chi connectivity index (χ1n) is 7.34. The van der Waals surface area contributed by atoms with Crippen LogP contribution >= 0.6 is 0 Å². The summed E-state index contributed by atoms with van der Waals surface area (Å²) in [4.78, 5) is 0. The minimum atomic E-state index is 0.661. The molecule has 2 rings (SSSR count). The summed E-state index contributed by atoms with van der Waals surface area (Å²) < 4.78 is 5.57. The molecule has 108 valence electrons. The molecule has 0 saturated heterocycles. The van der Waals surface area contributed by atoms with E-state index in [0.29, 0.717) is 6.61 Å². The average molecular weight is 278 g/mol. The van der Waals surface area contributed by atoms with Gasteiger partial charge in [-0.2, -0.15) is 0 Å². The monoisotopic (exact) mass is 278 g/mol. The minimum Gasteiger partial charge on any atom is -0.376 e. The number of benzene rings is 2. The Kier molecular flexibility index (Phi) is 5.99. The van der Waals surface area contributed by atoms with Gasteiger partial charge in [-0.15, -0.1) is 6.58 Å². The van der Waals surface area contributed by atoms with Gasteiger partial charge >= 0.3 is 0 Å². The molecule has 0 saturated carbocycles. The van der Waals surface area contributed by atoms with E-state index in [1.165, 1.54) is 22.3 Å². The lowest BCUT2D eigenvalue weighted by atomic mass is 10.0. The summed E-state index contributed by atoms with van der Waals surface area (Å²) in [5.41, 5.74) is 4.90. The molecule has 0 radical (unpaired) electrons. The van der Waals surface area contributed by atoms with Crippen LogP contribution < -0.4 is 0 Å². The van der Waals surface area contributed by atoms with Crippen LogP contribution in [0.5, 0.6) is 0 Å². The van der Waals surface area contributed by atoms with Crippen molar-refractivity contribution in [2.75, 3.05) is 6.61 Å². The molecule has 0 unspecified atom stereocenters. The lowest BCUT2D eigenvalue weighted by molar-refractivity contribution is 0.125. The molecule has 0 N–H and O–H groups in total. The van der Waals surface area contributed by atoms with E-state index >= 15 is 0 Å². The zero-order valence-electron chi connectivity index (χ0n) is 12.6. The largest absolute Gasteiger partial charge is 0.376 e. The second-order valence-corrected chi connectivity index (χ2v) is 4.95. The SMILES string of the molecule is C=CCCOCc1ccc(-c2ccc(C=CC)cc2)cc1. The van der Waals surface area contributed by atoms with E-state index in [1.807, 2.05) is 13.0 Å². The van der Waals surface area contributed by atoms with Gasteiger partial charge in [0.15, 0.2) is 0 Å². The van der Waals surface area contributed by atoms with Gasteiger partial charge in [0.1, 0.15) is 0 Å². The van der Waals surface area contributed by atoms with Crippen LogP contribution in [0.2, 0.25) is 0 Å². The maximum atomic E-state index is 5.57. The van der Waals surface area contributed by atoms with Crippen molar-refractivity contribution in [1.29, 1.82) is 0 Å². The molecule has 0 aliphatic heterocycles. The molecular formula is C20H22O. The fourth-order valence-electron chi connectivity index (χ4n) is 2.13. The van der Waals surface area contributed by atoms with Gasteiger partial charge in [0.2, 0.25) is 0 Å². The molecule has 1 nitrogen and oxygen atoms in total. The van der Waals surface area contributed by atoms with E-state index in [1.54, 1.807) is 0 Å². The molecule has 0 aromatic heterocycles. The fraction of sp³-hybridized carbons (Fsp3) is 0.200. The van der Waals surface area contributed by atoms with Gasteiger partial charge in [-0.05, 0) is 35.6 Å². The lowest BCUT2D eigenvalue weighted by Crippen LogP contribution is -1.94. The van der Waals surface area contributed by atoms with Gasteiger partial charge < -0.3 is 4.74 Å². The highest BCUT2D eigenvalue weighted by Crippen LogP contribution is 2.21. The van der Waals surface area contributed by atoms with Crippen molar-refractivity contribution in [3.8, 4) is 11.1 Å². The van der Waals surface area contributed by atoms with E-state index in [9.17, 15) is 0 Å². The fourth-order valence-corrected chi connectivity index (χ4v) is 2.13. The second kappa shape index (κ2) is 8.23. The molecule has 2 aromatic carbocycles. The third kappa shape index (κ3) is 4.73. The molecule has 2 aromatic rings. The summed E-state index contributed by atoms with van der Waals surface area (Å²) >= 11 is 0. The molecule has 0 amide bonds. The summed E-state index contributed by atoms with van der Waals surface area (Å²) in [7, 11) is 0. The third-order valence-corrected chi connectivity index (χ3v) is 3.29. The van der Waals surface area contributed by atoms with E-state index in [-0.39, 0.29) is 0 Å². The van der Waals surface area contributed by atoms with E-state index in [2.05, 4.69) is 67.3 Å². The van der Waals surface area contributed by atoms with Crippen molar-refractivity contribution in [2.24, 2.45) is 0 Å². The highest BCUT2D eigenvalue weighted by atomic mass is 16.5. The normalized spacial score (nSPS) is 10.9. The van der Waals surface area contributed by atoms with Crippen LogP contribution in [-0.4, -0.2) is 6.61 Å². The van der Waals surface area contributed by atoms with Crippen molar-refractivity contribution in [3.05, 3.63) is 78.4 Å². The third-order valence-electron chi connectivity index (χ3n) is 3.29. The van der Waals surface area contributed by atoms with Crippen molar-refractivity contribution in [1.82, 2.24) is 0 Å². The Morgan fingerprint density at radius 2 is 1.57 bits per heavy atom.